The first kappa shape index (κ1) is 30.7. The summed E-state index contributed by atoms with van der Waals surface area (Å²) in [6.45, 7) is 12.4. The number of carbonyl (C=O) groups is 2. The third-order valence-electron chi connectivity index (χ3n) is 8.60. The minimum Gasteiger partial charge on any atom is -0.469 e. The largest absolute Gasteiger partial charge is 0.469 e. The maximum atomic E-state index is 13.0. The van der Waals surface area contributed by atoms with E-state index in [1.807, 2.05) is 25.7 Å². The Kier molecular flexibility index (Phi) is 10.1. The third-order valence-corrected chi connectivity index (χ3v) is 8.60. The summed E-state index contributed by atoms with van der Waals surface area (Å²) in [5.41, 5.74) is 1.70. The first-order valence-electron chi connectivity index (χ1n) is 15.6. The minimum absolute atomic E-state index is 0.117. The van der Waals surface area contributed by atoms with Crippen LogP contribution >= 0.6 is 0 Å². The van der Waals surface area contributed by atoms with E-state index in [0.29, 0.717) is 38.4 Å². The smallest absolute Gasteiger partial charge is 0.410 e. The van der Waals surface area contributed by atoms with Gasteiger partial charge in [-0.15, -0.1) is 0 Å². The van der Waals surface area contributed by atoms with Gasteiger partial charge in [0.2, 0.25) is 0 Å². The van der Waals surface area contributed by atoms with Gasteiger partial charge in [-0.05, 0) is 72.4 Å². The molecule has 2 bridgehead atoms. The van der Waals surface area contributed by atoms with Crippen molar-refractivity contribution < 1.29 is 28.5 Å². The Labute approximate surface area is 249 Å². The second kappa shape index (κ2) is 13.7. The fourth-order valence-electron chi connectivity index (χ4n) is 6.61. The lowest BCUT2D eigenvalue weighted by atomic mass is 10.1. The van der Waals surface area contributed by atoms with Gasteiger partial charge in [-0.2, -0.15) is 9.97 Å². The molecule has 1 amide bonds. The normalized spacial score (nSPS) is 24.0. The Morgan fingerprint density at radius 1 is 1.07 bits per heavy atom. The molecule has 12 heteroatoms. The van der Waals surface area contributed by atoms with Crippen molar-refractivity contribution in [1.29, 1.82) is 0 Å². The van der Waals surface area contributed by atoms with Crippen LogP contribution in [0.25, 0.3) is 0 Å². The van der Waals surface area contributed by atoms with E-state index in [0.717, 1.165) is 82.8 Å². The third kappa shape index (κ3) is 7.62. The number of aromatic nitrogens is 2. The van der Waals surface area contributed by atoms with Crippen molar-refractivity contribution in [3.05, 3.63) is 11.3 Å². The Morgan fingerprint density at radius 2 is 1.86 bits per heavy atom. The van der Waals surface area contributed by atoms with Crippen LogP contribution in [0, 0.1) is 0 Å². The summed E-state index contributed by atoms with van der Waals surface area (Å²) < 4.78 is 22.3. The fraction of sp³-hybridized carbons (Fsp3) is 0.800. The van der Waals surface area contributed by atoms with Gasteiger partial charge < -0.3 is 29.2 Å². The Hall–Kier alpha value is -2.70. The topological polar surface area (TPSA) is 119 Å². The lowest BCUT2D eigenvalue weighted by Gasteiger charge is -2.42. The van der Waals surface area contributed by atoms with Crippen molar-refractivity contribution in [2.45, 2.75) is 96.0 Å². The molecule has 0 saturated carbocycles. The number of amides is 1. The highest BCUT2D eigenvalue weighted by Crippen LogP contribution is 2.36. The van der Waals surface area contributed by atoms with Crippen LogP contribution in [0.4, 0.5) is 10.6 Å². The van der Waals surface area contributed by atoms with Crippen molar-refractivity contribution in [2.75, 3.05) is 64.6 Å². The number of anilines is 1. The molecule has 12 nitrogen and oxygen atoms in total. The number of esters is 1. The molecule has 5 rings (SSSR count). The summed E-state index contributed by atoms with van der Waals surface area (Å²) in [4.78, 5) is 40.8. The highest BCUT2D eigenvalue weighted by atomic mass is 16.6. The van der Waals surface area contributed by atoms with E-state index in [4.69, 9.17) is 24.2 Å². The summed E-state index contributed by atoms with van der Waals surface area (Å²) >= 11 is 0. The lowest BCUT2D eigenvalue weighted by molar-refractivity contribution is -0.141. The number of likely N-dealkylation sites (tertiary alicyclic amines) is 1. The van der Waals surface area contributed by atoms with Crippen LogP contribution in [-0.2, 0) is 32.0 Å². The van der Waals surface area contributed by atoms with Crippen molar-refractivity contribution in [3.8, 4) is 6.01 Å². The van der Waals surface area contributed by atoms with E-state index >= 15 is 0 Å². The van der Waals surface area contributed by atoms with Crippen LogP contribution in [0.15, 0.2) is 0 Å². The zero-order valence-corrected chi connectivity index (χ0v) is 25.7. The Bertz CT molecular complexity index is 1080. The van der Waals surface area contributed by atoms with Gasteiger partial charge >= 0.3 is 18.1 Å². The van der Waals surface area contributed by atoms with Crippen molar-refractivity contribution in [1.82, 2.24) is 25.1 Å². The number of fused-ring (bicyclic) bond motifs is 3. The molecule has 0 spiro atoms. The summed E-state index contributed by atoms with van der Waals surface area (Å²) in [5, 5.41) is 3.44. The second-order valence-electron chi connectivity index (χ2n) is 12.8. The van der Waals surface area contributed by atoms with Gasteiger partial charge in [-0.1, -0.05) is 0 Å². The maximum absolute atomic E-state index is 13.0. The van der Waals surface area contributed by atoms with Gasteiger partial charge in [-0.25, -0.2) is 4.79 Å². The number of piperazine rings is 1. The van der Waals surface area contributed by atoms with Crippen molar-refractivity contribution >= 4 is 17.9 Å². The van der Waals surface area contributed by atoms with Crippen molar-refractivity contribution in [2.24, 2.45) is 0 Å². The molecule has 42 heavy (non-hydrogen) atoms. The van der Waals surface area contributed by atoms with E-state index in [1.165, 1.54) is 12.7 Å². The number of nitrogens with one attached hydrogen (secondary N) is 1. The van der Waals surface area contributed by atoms with E-state index in [9.17, 15) is 9.59 Å². The summed E-state index contributed by atoms with van der Waals surface area (Å²) in [6.07, 6.45) is 6.04. The minimum atomic E-state index is -0.507. The molecule has 4 aliphatic rings. The summed E-state index contributed by atoms with van der Waals surface area (Å²) in [6, 6.07) is 0.987. The number of hydrogen-bond acceptors (Lipinski definition) is 11. The molecule has 2 unspecified atom stereocenters. The first-order chi connectivity index (χ1) is 20.2. The van der Waals surface area contributed by atoms with Crippen LogP contribution in [0.3, 0.4) is 0 Å². The molecular formula is C30H48N6O6. The molecule has 3 saturated heterocycles. The van der Waals surface area contributed by atoms with Crippen LogP contribution < -0.4 is 15.0 Å². The number of carbonyl (C=O) groups excluding carboxylic acids is 2. The fourth-order valence-corrected chi connectivity index (χ4v) is 6.61. The molecule has 5 heterocycles. The molecule has 1 aromatic rings. The van der Waals surface area contributed by atoms with Gasteiger partial charge in [0.15, 0.2) is 0 Å². The van der Waals surface area contributed by atoms with Gasteiger partial charge in [0.1, 0.15) is 18.0 Å². The quantitative estimate of drug-likeness (QED) is 0.303. The van der Waals surface area contributed by atoms with Gasteiger partial charge in [0.05, 0.1) is 37.9 Å². The molecule has 234 valence electrons. The molecule has 1 aromatic heterocycles. The zero-order valence-electron chi connectivity index (χ0n) is 25.7. The monoisotopic (exact) mass is 588 g/mol. The molecule has 0 aliphatic carbocycles. The van der Waals surface area contributed by atoms with Crippen molar-refractivity contribution in [3.63, 3.8) is 0 Å². The summed E-state index contributed by atoms with van der Waals surface area (Å²) in [7, 11) is 1.39. The SMILES string of the molecule is COC(=O)CCOCCCN1CCC[C@H]1COc1nc2c(c(N3CC4CCC(C3)N4C(=O)OC(C)(C)C)n1)CCNC2. The van der Waals surface area contributed by atoms with E-state index < -0.39 is 5.60 Å². The molecule has 4 aliphatic heterocycles. The number of hydrogen-bond donors (Lipinski definition) is 1. The van der Waals surface area contributed by atoms with E-state index in [2.05, 4.69) is 19.9 Å². The molecule has 0 radical (unpaired) electrons. The van der Waals surface area contributed by atoms with E-state index in [-0.39, 0.29) is 30.6 Å². The predicted molar refractivity (Wildman–Crippen MR) is 157 cm³/mol. The first-order valence-corrected chi connectivity index (χ1v) is 15.6. The maximum Gasteiger partial charge on any atom is 0.410 e. The molecule has 0 aromatic carbocycles. The highest BCUT2D eigenvalue weighted by Gasteiger charge is 2.45. The zero-order chi connectivity index (χ0) is 29.7. The molecule has 1 N–H and O–H groups in total. The molecule has 3 atom stereocenters. The Balaban J connectivity index is 1.19. The van der Waals surface area contributed by atoms with Crippen LogP contribution in [0.1, 0.15) is 70.6 Å². The lowest BCUT2D eigenvalue weighted by Crippen LogP contribution is -2.57. The highest BCUT2D eigenvalue weighted by molar-refractivity contribution is 5.70. The average molecular weight is 589 g/mol. The van der Waals surface area contributed by atoms with E-state index in [1.54, 1.807) is 0 Å². The molecular weight excluding hydrogens is 540 g/mol. The number of methoxy groups -OCH3 is 1. The summed E-state index contributed by atoms with van der Waals surface area (Å²) in [5.74, 6) is 0.718. The number of nitrogens with zero attached hydrogens (tertiary/aromatic N) is 5. The Morgan fingerprint density at radius 3 is 2.60 bits per heavy atom. The van der Waals surface area contributed by atoms with Crippen LogP contribution in [0.5, 0.6) is 6.01 Å². The van der Waals surface area contributed by atoms with Crippen LogP contribution in [0.2, 0.25) is 0 Å². The van der Waals surface area contributed by atoms with Gasteiger partial charge in [0, 0.05) is 44.4 Å². The van der Waals surface area contributed by atoms with Gasteiger partial charge in [0.25, 0.3) is 0 Å². The molecule has 3 fully saturated rings. The second-order valence-corrected chi connectivity index (χ2v) is 12.8. The number of rotatable bonds is 11. The van der Waals surface area contributed by atoms with Crippen LogP contribution in [-0.4, -0.2) is 115 Å². The standard InChI is InChI=1S/C30H48N6O6/c1-30(2,3)42-29(38)36-21-8-9-22(36)19-35(18-21)27-24-10-12-31-17-25(24)32-28(33-27)41-20-23-7-5-13-34(23)14-6-15-40-16-11-26(37)39-4/h21-23,31H,5-20H2,1-4H3/t21?,22?,23-/m0/s1. The average Bonchev–Trinajstić information content (AvgIpc) is 3.52. The number of ether oxygens (including phenoxy) is 4. The van der Waals surface area contributed by atoms with Gasteiger partial charge in [-0.3, -0.25) is 14.6 Å². The predicted octanol–water partition coefficient (Wildman–Crippen LogP) is 2.52.